The molecule has 4 rings (SSSR count). The molecule has 26 heavy (non-hydrogen) atoms. The van der Waals surface area contributed by atoms with E-state index < -0.39 is 0 Å². The maximum atomic E-state index is 13.0. The maximum absolute atomic E-state index is 13.0. The summed E-state index contributed by atoms with van der Waals surface area (Å²) in [5.41, 5.74) is -0.0400. The Balaban J connectivity index is 1.95. The molecule has 1 aliphatic carbocycles. The molecule has 0 radical (unpaired) electrons. The zero-order valence-electron chi connectivity index (χ0n) is 14.5. The Labute approximate surface area is 151 Å². The second-order valence-electron chi connectivity index (χ2n) is 6.42. The zero-order chi connectivity index (χ0) is 18.4. The Morgan fingerprint density at radius 3 is 2.73 bits per heavy atom. The fourth-order valence-electron chi connectivity index (χ4n) is 3.13. The first-order chi connectivity index (χ1) is 12.5. The fraction of sp³-hybridized carbons (Fsp3) is 0.500. The second-order valence-corrected chi connectivity index (χ2v) is 7.50. The SMILES string of the molecule is COCCn1c(=O)n(C2CC2)c(=O)c2c(C)c(Cn3nc[nH]c3=O)sc21. The highest BCUT2D eigenvalue weighted by molar-refractivity contribution is 7.18. The van der Waals surface area contributed by atoms with Gasteiger partial charge in [-0.05, 0) is 25.3 Å². The van der Waals surface area contributed by atoms with Gasteiger partial charge < -0.3 is 4.74 Å². The van der Waals surface area contributed by atoms with Crippen molar-refractivity contribution in [2.24, 2.45) is 0 Å². The molecule has 0 amide bonds. The first-order valence-electron chi connectivity index (χ1n) is 8.39. The van der Waals surface area contributed by atoms with Crippen LogP contribution in [0.3, 0.4) is 0 Å². The van der Waals surface area contributed by atoms with Crippen molar-refractivity contribution in [3.05, 3.63) is 48.1 Å². The molecule has 0 atom stereocenters. The van der Waals surface area contributed by atoms with Crippen LogP contribution in [0.25, 0.3) is 10.2 Å². The number of nitrogens with one attached hydrogen (secondary N) is 1. The average Bonchev–Trinajstić information content (AvgIpc) is 3.28. The predicted octanol–water partition coefficient (Wildman–Crippen LogP) is 0.448. The summed E-state index contributed by atoms with van der Waals surface area (Å²) in [5, 5.41) is 4.53. The predicted molar refractivity (Wildman–Crippen MR) is 97.2 cm³/mol. The van der Waals surface area contributed by atoms with Gasteiger partial charge in [-0.15, -0.1) is 11.3 Å². The van der Waals surface area contributed by atoms with Crippen LogP contribution in [0.2, 0.25) is 0 Å². The lowest BCUT2D eigenvalue weighted by atomic mass is 10.2. The average molecular weight is 377 g/mol. The maximum Gasteiger partial charge on any atom is 0.343 e. The van der Waals surface area contributed by atoms with Gasteiger partial charge in [-0.2, -0.15) is 5.10 Å². The van der Waals surface area contributed by atoms with Crippen molar-refractivity contribution in [3.8, 4) is 0 Å². The number of fused-ring (bicyclic) bond motifs is 1. The number of thiophene rings is 1. The van der Waals surface area contributed by atoms with Gasteiger partial charge in [-0.3, -0.25) is 18.9 Å². The summed E-state index contributed by atoms with van der Waals surface area (Å²) < 4.78 is 9.43. The molecule has 0 unspecified atom stereocenters. The van der Waals surface area contributed by atoms with Crippen molar-refractivity contribution in [2.75, 3.05) is 13.7 Å². The van der Waals surface area contributed by atoms with E-state index in [1.54, 1.807) is 11.7 Å². The van der Waals surface area contributed by atoms with E-state index in [1.807, 2.05) is 6.92 Å². The van der Waals surface area contributed by atoms with Crippen molar-refractivity contribution in [1.29, 1.82) is 0 Å². The lowest BCUT2D eigenvalue weighted by Crippen LogP contribution is -2.39. The van der Waals surface area contributed by atoms with Crippen molar-refractivity contribution in [3.63, 3.8) is 0 Å². The van der Waals surface area contributed by atoms with Crippen molar-refractivity contribution in [2.45, 2.75) is 38.9 Å². The van der Waals surface area contributed by atoms with Crippen LogP contribution in [0.1, 0.15) is 29.3 Å². The molecule has 0 saturated heterocycles. The highest BCUT2D eigenvalue weighted by atomic mass is 32.1. The van der Waals surface area contributed by atoms with Crippen molar-refractivity contribution >= 4 is 21.6 Å². The summed E-state index contributed by atoms with van der Waals surface area (Å²) in [6, 6.07) is -0.00935. The van der Waals surface area contributed by atoms with E-state index in [0.717, 1.165) is 23.3 Å². The lowest BCUT2D eigenvalue weighted by molar-refractivity contribution is 0.186. The lowest BCUT2D eigenvalue weighted by Gasteiger charge is -2.11. The Morgan fingerprint density at radius 1 is 1.35 bits per heavy atom. The summed E-state index contributed by atoms with van der Waals surface area (Å²) in [7, 11) is 1.58. The fourth-order valence-corrected chi connectivity index (χ4v) is 4.42. The minimum absolute atomic E-state index is 0.00935. The number of hydrogen-bond donors (Lipinski definition) is 1. The molecule has 10 heteroatoms. The van der Waals surface area contributed by atoms with Crippen LogP contribution in [-0.2, 0) is 17.8 Å². The third kappa shape index (κ3) is 2.65. The molecule has 3 aromatic rings. The summed E-state index contributed by atoms with van der Waals surface area (Å²) in [6.07, 6.45) is 3.03. The number of methoxy groups -OCH3 is 1. The molecule has 0 aliphatic heterocycles. The number of H-pyrrole nitrogens is 1. The molecular formula is C16H19N5O4S. The van der Waals surface area contributed by atoms with Gasteiger partial charge >= 0.3 is 11.4 Å². The highest BCUT2D eigenvalue weighted by Gasteiger charge is 2.30. The number of ether oxygens (including phenoxy) is 1. The molecule has 3 heterocycles. The molecule has 1 N–H and O–H groups in total. The Bertz CT molecular complexity index is 1140. The van der Waals surface area contributed by atoms with E-state index >= 15 is 0 Å². The number of aromatic nitrogens is 5. The minimum Gasteiger partial charge on any atom is -0.383 e. The van der Waals surface area contributed by atoms with Crippen LogP contribution in [0, 0.1) is 6.92 Å². The number of aromatic amines is 1. The quantitative estimate of drug-likeness (QED) is 0.672. The minimum atomic E-state index is -0.311. The van der Waals surface area contributed by atoms with Crippen LogP contribution in [0.4, 0.5) is 0 Å². The molecule has 3 aromatic heterocycles. The van der Waals surface area contributed by atoms with E-state index in [2.05, 4.69) is 10.1 Å². The van der Waals surface area contributed by atoms with Gasteiger partial charge in [0.25, 0.3) is 5.56 Å². The van der Waals surface area contributed by atoms with Gasteiger partial charge in [-0.1, -0.05) is 0 Å². The topological polar surface area (TPSA) is 104 Å². The first-order valence-corrected chi connectivity index (χ1v) is 9.21. The van der Waals surface area contributed by atoms with Crippen LogP contribution in [0.5, 0.6) is 0 Å². The third-order valence-electron chi connectivity index (χ3n) is 4.69. The third-order valence-corrected chi connectivity index (χ3v) is 5.99. The molecule has 1 aliphatic rings. The number of rotatable bonds is 6. The van der Waals surface area contributed by atoms with Crippen molar-refractivity contribution in [1.82, 2.24) is 23.9 Å². The highest BCUT2D eigenvalue weighted by Crippen LogP contribution is 2.34. The van der Waals surface area contributed by atoms with Gasteiger partial charge in [0.2, 0.25) is 0 Å². The monoisotopic (exact) mass is 377 g/mol. The molecule has 1 fully saturated rings. The second kappa shape index (κ2) is 6.36. The molecule has 1 saturated carbocycles. The van der Waals surface area contributed by atoms with Crippen molar-refractivity contribution < 1.29 is 4.74 Å². The molecule has 9 nitrogen and oxygen atoms in total. The standard InChI is InChI=1S/C16H19N5O4S/c1-9-11(7-20-15(23)17-8-18-20)26-14-12(9)13(22)21(10-3-4-10)16(24)19(14)5-6-25-2/h8,10H,3-7H2,1-2H3,(H,17,18,23). The Morgan fingerprint density at radius 2 is 2.12 bits per heavy atom. The molecule has 0 spiro atoms. The number of aryl methyl sites for hydroxylation is 1. The van der Waals surface area contributed by atoms with E-state index in [9.17, 15) is 14.4 Å². The summed E-state index contributed by atoms with van der Waals surface area (Å²) in [4.78, 5) is 41.6. The first kappa shape index (κ1) is 17.0. The zero-order valence-corrected chi connectivity index (χ0v) is 15.3. The van der Waals surface area contributed by atoms with Crippen LogP contribution in [0.15, 0.2) is 20.7 Å². The van der Waals surface area contributed by atoms with E-state index in [-0.39, 0.29) is 29.5 Å². The molecular weight excluding hydrogens is 358 g/mol. The summed E-state index contributed by atoms with van der Waals surface area (Å²) in [6.45, 7) is 2.87. The van der Waals surface area contributed by atoms with E-state index in [0.29, 0.717) is 23.4 Å². The molecule has 0 aromatic carbocycles. The molecule has 138 valence electrons. The van der Waals surface area contributed by atoms with Gasteiger partial charge in [0.1, 0.15) is 11.2 Å². The number of nitrogens with zero attached hydrogens (tertiary/aromatic N) is 4. The molecule has 0 bridgehead atoms. The van der Waals surface area contributed by atoms with Gasteiger partial charge in [0.05, 0.1) is 25.1 Å². The summed E-state index contributed by atoms with van der Waals surface area (Å²) in [5.74, 6) is 0. The normalized spacial score (nSPS) is 14.4. The number of hydrogen-bond acceptors (Lipinski definition) is 6. The Kier molecular flexibility index (Phi) is 4.16. The van der Waals surface area contributed by atoms with E-state index in [4.69, 9.17) is 4.74 Å². The Hall–Kier alpha value is -2.46. The van der Waals surface area contributed by atoms with Gasteiger partial charge in [0.15, 0.2) is 0 Å². The van der Waals surface area contributed by atoms with Crippen LogP contribution < -0.4 is 16.9 Å². The van der Waals surface area contributed by atoms with E-state index in [1.165, 1.54) is 26.9 Å². The van der Waals surface area contributed by atoms with Gasteiger partial charge in [0, 0.05) is 18.0 Å². The van der Waals surface area contributed by atoms with Crippen LogP contribution >= 0.6 is 11.3 Å². The smallest absolute Gasteiger partial charge is 0.343 e. The van der Waals surface area contributed by atoms with Crippen LogP contribution in [-0.4, -0.2) is 37.6 Å². The largest absolute Gasteiger partial charge is 0.383 e. The summed E-state index contributed by atoms with van der Waals surface area (Å²) >= 11 is 1.36. The van der Waals surface area contributed by atoms with Gasteiger partial charge in [-0.25, -0.2) is 14.3 Å².